The van der Waals surface area contributed by atoms with E-state index in [-0.39, 0.29) is 5.35 Å². The molecule has 0 saturated heterocycles. The molecule has 0 aliphatic heterocycles. The molecular formula is C9H6BrClN2OS. The van der Waals surface area contributed by atoms with Crippen molar-refractivity contribution < 1.29 is 4.52 Å². The Labute approximate surface area is 104 Å². The van der Waals surface area contributed by atoms with Crippen LogP contribution >= 0.6 is 39.3 Å². The number of benzene rings is 1. The Balaban J connectivity index is 2.02. The highest BCUT2D eigenvalue weighted by atomic mass is 79.9. The molecule has 0 amide bonds. The van der Waals surface area contributed by atoms with Gasteiger partial charge in [0, 0.05) is 9.37 Å². The Kier molecular flexibility index (Phi) is 3.66. The van der Waals surface area contributed by atoms with Crippen LogP contribution < -0.4 is 0 Å². The van der Waals surface area contributed by atoms with Crippen LogP contribution in [0.1, 0.15) is 5.82 Å². The summed E-state index contributed by atoms with van der Waals surface area (Å²) in [7, 11) is 0. The third kappa shape index (κ3) is 2.96. The molecule has 0 N–H and O–H groups in total. The highest BCUT2D eigenvalue weighted by Gasteiger charge is 2.05. The number of nitrogens with zero attached hydrogens (tertiary/aromatic N) is 2. The summed E-state index contributed by atoms with van der Waals surface area (Å²) < 4.78 is 5.72. The lowest BCUT2D eigenvalue weighted by atomic mass is 10.4. The molecule has 15 heavy (non-hydrogen) atoms. The van der Waals surface area contributed by atoms with E-state index >= 15 is 0 Å². The first-order valence-corrected chi connectivity index (χ1v) is 6.27. The third-order valence-electron chi connectivity index (χ3n) is 1.64. The maximum absolute atomic E-state index is 5.51. The lowest BCUT2D eigenvalue weighted by molar-refractivity contribution is 0.414. The van der Waals surface area contributed by atoms with Gasteiger partial charge in [0.15, 0.2) is 5.82 Å². The van der Waals surface area contributed by atoms with E-state index in [0.29, 0.717) is 11.6 Å². The topological polar surface area (TPSA) is 38.9 Å². The molecule has 1 heterocycles. The summed E-state index contributed by atoms with van der Waals surface area (Å²) in [4.78, 5) is 5.04. The molecule has 3 nitrogen and oxygen atoms in total. The Morgan fingerprint density at radius 1 is 1.40 bits per heavy atom. The Morgan fingerprint density at radius 2 is 2.20 bits per heavy atom. The minimum absolute atomic E-state index is 0.0812. The zero-order valence-electron chi connectivity index (χ0n) is 7.48. The van der Waals surface area contributed by atoms with E-state index in [9.17, 15) is 0 Å². The van der Waals surface area contributed by atoms with Crippen molar-refractivity contribution in [3.8, 4) is 0 Å². The molecule has 1 aromatic heterocycles. The van der Waals surface area contributed by atoms with E-state index in [0.717, 1.165) is 9.37 Å². The minimum Gasteiger partial charge on any atom is -0.321 e. The molecule has 0 bridgehead atoms. The van der Waals surface area contributed by atoms with Crippen LogP contribution in [0.25, 0.3) is 0 Å². The van der Waals surface area contributed by atoms with Gasteiger partial charge >= 0.3 is 5.35 Å². The number of aromatic nitrogens is 2. The second-order valence-electron chi connectivity index (χ2n) is 2.68. The van der Waals surface area contributed by atoms with Crippen LogP contribution in [0, 0.1) is 0 Å². The van der Waals surface area contributed by atoms with Crippen molar-refractivity contribution in [2.45, 2.75) is 10.6 Å². The van der Waals surface area contributed by atoms with Gasteiger partial charge in [-0.15, -0.1) is 11.8 Å². The van der Waals surface area contributed by atoms with Gasteiger partial charge in [-0.2, -0.15) is 4.98 Å². The molecule has 2 aromatic rings. The first-order valence-electron chi connectivity index (χ1n) is 4.11. The van der Waals surface area contributed by atoms with E-state index in [4.69, 9.17) is 11.6 Å². The fourth-order valence-corrected chi connectivity index (χ4v) is 2.54. The van der Waals surface area contributed by atoms with Crippen LogP contribution in [0.3, 0.4) is 0 Å². The van der Waals surface area contributed by atoms with Crippen molar-refractivity contribution in [1.82, 2.24) is 10.1 Å². The number of rotatable bonds is 3. The molecule has 0 aliphatic carbocycles. The fraction of sp³-hybridized carbons (Fsp3) is 0.111. The van der Waals surface area contributed by atoms with E-state index in [1.54, 1.807) is 11.8 Å². The predicted molar refractivity (Wildman–Crippen MR) is 63.0 cm³/mol. The van der Waals surface area contributed by atoms with Crippen molar-refractivity contribution >= 4 is 39.3 Å². The van der Waals surface area contributed by atoms with Crippen molar-refractivity contribution in [3.05, 3.63) is 39.9 Å². The summed E-state index contributed by atoms with van der Waals surface area (Å²) in [5, 5.41) is 3.79. The maximum atomic E-state index is 5.51. The largest absolute Gasteiger partial charge is 0.321 e. The molecular weight excluding hydrogens is 300 g/mol. The van der Waals surface area contributed by atoms with E-state index in [1.807, 2.05) is 24.3 Å². The van der Waals surface area contributed by atoms with Gasteiger partial charge in [0.25, 0.3) is 0 Å². The minimum atomic E-state index is 0.0812. The summed E-state index contributed by atoms with van der Waals surface area (Å²) in [6.45, 7) is 0. The van der Waals surface area contributed by atoms with E-state index < -0.39 is 0 Å². The summed E-state index contributed by atoms with van der Waals surface area (Å²) in [5.74, 6) is 1.24. The van der Waals surface area contributed by atoms with Crippen LogP contribution in [0.2, 0.25) is 5.35 Å². The average Bonchev–Trinajstić information content (AvgIpc) is 2.63. The lowest BCUT2D eigenvalue weighted by Crippen LogP contribution is -1.83. The summed E-state index contributed by atoms with van der Waals surface area (Å²) >= 11 is 10.6. The zero-order valence-corrected chi connectivity index (χ0v) is 10.6. The zero-order chi connectivity index (χ0) is 10.7. The average molecular weight is 306 g/mol. The van der Waals surface area contributed by atoms with Gasteiger partial charge in [0.2, 0.25) is 0 Å². The van der Waals surface area contributed by atoms with Gasteiger partial charge in [0.05, 0.1) is 5.75 Å². The standard InChI is InChI=1S/C9H6BrClN2OS/c10-6-3-1-2-4-7(6)15-5-8-12-9(11)14-13-8/h1-4H,5H2. The molecule has 0 fully saturated rings. The van der Waals surface area contributed by atoms with Crippen LogP contribution in [0.4, 0.5) is 0 Å². The molecule has 0 saturated carbocycles. The van der Waals surface area contributed by atoms with Crippen molar-refractivity contribution in [3.63, 3.8) is 0 Å². The van der Waals surface area contributed by atoms with E-state index in [1.165, 1.54) is 0 Å². The van der Waals surface area contributed by atoms with Crippen molar-refractivity contribution in [2.24, 2.45) is 0 Å². The van der Waals surface area contributed by atoms with Gasteiger partial charge < -0.3 is 4.52 Å². The smallest absolute Gasteiger partial charge is 0.320 e. The van der Waals surface area contributed by atoms with Crippen LogP contribution in [-0.4, -0.2) is 10.1 Å². The molecule has 6 heteroatoms. The van der Waals surface area contributed by atoms with Crippen molar-refractivity contribution in [1.29, 1.82) is 0 Å². The summed E-state index contributed by atoms with van der Waals surface area (Å²) in [5.41, 5.74) is 0. The highest BCUT2D eigenvalue weighted by Crippen LogP contribution is 2.29. The van der Waals surface area contributed by atoms with Crippen molar-refractivity contribution in [2.75, 3.05) is 0 Å². The van der Waals surface area contributed by atoms with Gasteiger partial charge in [-0.05, 0) is 39.7 Å². The first-order chi connectivity index (χ1) is 7.25. The fourth-order valence-electron chi connectivity index (χ4n) is 0.995. The number of hydrogen-bond donors (Lipinski definition) is 0. The van der Waals surface area contributed by atoms with Crippen LogP contribution in [-0.2, 0) is 5.75 Å². The normalized spacial score (nSPS) is 10.5. The third-order valence-corrected chi connectivity index (χ3v) is 3.81. The monoisotopic (exact) mass is 304 g/mol. The second-order valence-corrected chi connectivity index (χ2v) is 4.88. The molecule has 0 unspecified atom stereocenters. The van der Waals surface area contributed by atoms with Gasteiger partial charge in [-0.1, -0.05) is 17.3 Å². The second kappa shape index (κ2) is 5.01. The Bertz CT molecular complexity index is 463. The van der Waals surface area contributed by atoms with E-state index in [2.05, 4.69) is 30.6 Å². The molecule has 2 rings (SSSR count). The maximum Gasteiger partial charge on any atom is 0.320 e. The first kappa shape index (κ1) is 11.0. The molecule has 1 aromatic carbocycles. The highest BCUT2D eigenvalue weighted by molar-refractivity contribution is 9.10. The molecule has 0 radical (unpaired) electrons. The molecule has 0 spiro atoms. The molecule has 0 aliphatic rings. The molecule has 0 atom stereocenters. The van der Waals surface area contributed by atoms with Crippen LogP contribution in [0.15, 0.2) is 38.2 Å². The quantitative estimate of drug-likeness (QED) is 0.809. The predicted octanol–water partition coefficient (Wildman–Crippen LogP) is 3.78. The SMILES string of the molecule is Clc1nc(CSc2ccccc2Br)no1. The number of halogens is 2. The van der Waals surface area contributed by atoms with Crippen LogP contribution in [0.5, 0.6) is 0 Å². The Hall–Kier alpha value is -0.520. The summed E-state index contributed by atoms with van der Waals surface area (Å²) in [6.07, 6.45) is 0. The summed E-state index contributed by atoms with van der Waals surface area (Å²) in [6, 6.07) is 7.97. The molecule has 78 valence electrons. The Morgan fingerprint density at radius 3 is 2.87 bits per heavy atom. The van der Waals surface area contributed by atoms with Gasteiger partial charge in [0.1, 0.15) is 0 Å². The number of hydrogen-bond acceptors (Lipinski definition) is 4. The van der Waals surface area contributed by atoms with Gasteiger partial charge in [-0.3, -0.25) is 0 Å². The number of thioether (sulfide) groups is 1. The lowest BCUT2D eigenvalue weighted by Gasteiger charge is -2.00. The van der Waals surface area contributed by atoms with Gasteiger partial charge in [-0.25, -0.2) is 0 Å².